The molecule has 56 valence electrons. The van der Waals surface area contributed by atoms with Gasteiger partial charge >= 0.3 is 0 Å². The van der Waals surface area contributed by atoms with Crippen LogP contribution in [-0.2, 0) is 4.79 Å². The molecular weight excluding hydrogens is 207 g/mol. The Morgan fingerprint density at radius 1 is 1.67 bits per heavy atom. The molecule has 0 aliphatic heterocycles. The summed E-state index contributed by atoms with van der Waals surface area (Å²) >= 11 is 3.15. The first-order valence-electron chi connectivity index (χ1n) is 2.34. The standard InChI is InChI=1S/C4H9BrN2O.ClH/c5-1-2-7-4(8)3-6;/h1-3,6H2,(H,7,8);1H. The third-order valence-electron chi connectivity index (χ3n) is 0.602. The van der Waals surface area contributed by atoms with Gasteiger partial charge in [0.15, 0.2) is 0 Å². The van der Waals surface area contributed by atoms with E-state index in [1.165, 1.54) is 0 Å². The van der Waals surface area contributed by atoms with Crippen LogP contribution in [0.1, 0.15) is 0 Å². The Bertz CT molecular complexity index is 81.0. The average Bonchev–Trinajstić information content (AvgIpc) is 1.83. The van der Waals surface area contributed by atoms with Crippen molar-refractivity contribution in [3.05, 3.63) is 0 Å². The molecule has 0 fully saturated rings. The van der Waals surface area contributed by atoms with Gasteiger partial charge in [-0.15, -0.1) is 12.4 Å². The van der Waals surface area contributed by atoms with Crippen LogP contribution >= 0.6 is 28.3 Å². The lowest BCUT2D eigenvalue weighted by Gasteiger charge is -1.96. The lowest BCUT2D eigenvalue weighted by Crippen LogP contribution is -2.31. The lowest BCUT2D eigenvalue weighted by atomic mass is 10.6. The summed E-state index contributed by atoms with van der Waals surface area (Å²) in [4.78, 5) is 10.3. The molecule has 0 unspecified atom stereocenters. The lowest BCUT2D eigenvalue weighted by molar-refractivity contribution is -0.119. The van der Waals surface area contributed by atoms with Crippen molar-refractivity contribution in [3.8, 4) is 0 Å². The van der Waals surface area contributed by atoms with Crippen molar-refractivity contribution in [2.45, 2.75) is 0 Å². The van der Waals surface area contributed by atoms with Crippen molar-refractivity contribution in [3.63, 3.8) is 0 Å². The Kier molecular flexibility index (Phi) is 10.9. The minimum absolute atomic E-state index is 0. The van der Waals surface area contributed by atoms with Crippen LogP contribution in [0.25, 0.3) is 0 Å². The molecule has 0 rings (SSSR count). The molecule has 1 amide bonds. The van der Waals surface area contributed by atoms with E-state index in [1.807, 2.05) is 0 Å². The topological polar surface area (TPSA) is 55.1 Å². The number of nitrogens with two attached hydrogens (primary N) is 1. The predicted octanol–water partition coefficient (Wildman–Crippen LogP) is -0.122. The summed E-state index contributed by atoms with van der Waals surface area (Å²) in [6.07, 6.45) is 0. The molecule has 0 heterocycles. The number of rotatable bonds is 3. The number of nitrogens with one attached hydrogen (secondary N) is 1. The van der Waals surface area contributed by atoms with Crippen LogP contribution in [-0.4, -0.2) is 24.3 Å². The minimum atomic E-state index is -0.107. The van der Waals surface area contributed by atoms with Gasteiger partial charge in [-0.3, -0.25) is 4.79 Å². The molecule has 0 aliphatic carbocycles. The average molecular weight is 217 g/mol. The van der Waals surface area contributed by atoms with E-state index in [0.717, 1.165) is 5.33 Å². The molecule has 0 aromatic rings. The molecule has 0 spiro atoms. The van der Waals surface area contributed by atoms with E-state index in [-0.39, 0.29) is 24.9 Å². The fourth-order valence-electron chi connectivity index (χ4n) is 0.259. The van der Waals surface area contributed by atoms with Crippen LogP contribution in [0, 0.1) is 0 Å². The SMILES string of the molecule is Cl.NCC(=O)NCCBr. The highest BCUT2D eigenvalue weighted by Crippen LogP contribution is 1.73. The van der Waals surface area contributed by atoms with Crippen molar-refractivity contribution in [2.24, 2.45) is 5.73 Å². The Morgan fingerprint density at radius 2 is 2.22 bits per heavy atom. The molecule has 3 nitrogen and oxygen atoms in total. The maximum absolute atomic E-state index is 10.3. The third-order valence-corrected chi connectivity index (χ3v) is 0.999. The van der Waals surface area contributed by atoms with Gasteiger partial charge in [-0.2, -0.15) is 0 Å². The van der Waals surface area contributed by atoms with Crippen molar-refractivity contribution in [2.75, 3.05) is 18.4 Å². The van der Waals surface area contributed by atoms with Gasteiger partial charge in [-0.25, -0.2) is 0 Å². The third kappa shape index (κ3) is 8.20. The van der Waals surface area contributed by atoms with Gasteiger partial charge in [0.2, 0.25) is 5.91 Å². The maximum atomic E-state index is 10.3. The minimum Gasteiger partial charge on any atom is -0.354 e. The molecule has 3 N–H and O–H groups in total. The quantitative estimate of drug-likeness (QED) is 0.648. The van der Waals surface area contributed by atoms with E-state index in [0.29, 0.717) is 6.54 Å². The van der Waals surface area contributed by atoms with Gasteiger partial charge in [-0.1, -0.05) is 15.9 Å². The van der Waals surface area contributed by atoms with E-state index in [1.54, 1.807) is 0 Å². The molecule has 0 saturated carbocycles. The molecule has 0 aliphatic rings. The van der Waals surface area contributed by atoms with Crippen molar-refractivity contribution in [1.29, 1.82) is 0 Å². The Morgan fingerprint density at radius 3 is 2.56 bits per heavy atom. The molecule has 0 radical (unpaired) electrons. The molecule has 0 atom stereocenters. The highest BCUT2D eigenvalue weighted by atomic mass is 79.9. The number of carbonyl (C=O) groups is 1. The number of halogens is 2. The largest absolute Gasteiger partial charge is 0.354 e. The zero-order chi connectivity index (χ0) is 6.41. The molecule has 0 aromatic heterocycles. The monoisotopic (exact) mass is 216 g/mol. The van der Waals surface area contributed by atoms with Crippen LogP contribution < -0.4 is 11.1 Å². The summed E-state index contributed by atoms with van der Waals surface area (Å²) in [7, 11) is 0. The molecule has 5 heteroatoms. The van der Waals surface area contributed by atoms with Crippen LogP contribution in [0.5, 0.6) is 0 Å². The number of carbonyl (C=O) groups excluding carboxylic acids is 1. The smallest absolute Gasteiger partial charge is 0.233 e. The van der Waals surface area contributed by atoms with Gasteiger partial charge < -0.3 is 11.1 Å². The van der Waals surface area contributed by atoms with Crippen molar-refractivity contribution in [1.82, 2.24) is 5.32 Å². The van der Waals surface area contributed by atoms with E-state index in [4.69, 9.17) is 5.73 Å². The summed E-state index contributed by atoms with van der Waals surface area (Å²) in [5.41, 5.74) is 4.99. The second-order valence-electron chi connectivity index (χ2n) is 1.24. The Labute approximate surface area is 68.9 Å². The second kappa shape index (κ2) is 8.20. The zero-order valence-electron chi connectivity index (χ0n) is 4.89. The highest BCUT2D eigenvalue weighted by Gasteiger charge is 1.91. The van der Waals surface area contributed by atoms with Crippen LogP contribution in [0.3, 0.4) is 0 Å². The first kappa shape index (κ1) is 11.9. The van der Waals surface area contributed by atoms with Gasteiger partial charge in [-0.05, 0) is 0 Å². The zero-order valence-corrected chi connectivity index (χ0v) is 7.30. The van der Waals surface area contributed by atoms with Crippen LogP contribution in [0.15, 0.2) is 0 Å². The summed E-state index contributed by atoms with van der Waals surface area (Å²) < 4.78 is 0. The van der Waals surface area contributed by atoms with E-state index >= 15 is 0 Å². The molecule has 9 heavy (non-hydrogen) atoms. The summed E-state index contributed by atoms with van der Waals surface area (Å²) in [6.45, 7) is 0.725. The van der Waals surface area contributed by atoms with Gasteiger partial charge in [0.05, 0.1) is 6.54 Å². The number of hydrogen-bond donors (Lipinski definition) is 2. The molecule has 0 aromatic carbocycles. The van der Waals surface area contributed by atoms with Gasteiger partial charge in [0.1, 0.15) is 0 Å². The Balaban J connectivity index is 0. The maximum Gasteiger partial charge on any atom is 0.233 e. The summed E-state index contributed by atoms with van der Waals surface area (Å²) in [5, 5.41) is 3.35. The molecule has 0 bridgehead atoms. The second-order valence-corrected chi connectivity index (χ2v) is 2.04. The Hall–Kier alpha value is 0.200. The fourth-order valence-corrected chi connectivity index (χ4v) is 0.457. The van der Waals surface area contributed by atoms with Crippen molar-refractivity contribution < 1.29 is 4.79 Å². The predicted molar refractivity (Wildman–Crippen MR) is 43.1 cm³/mol. The first-order chi connectivity index (χ1) is 3.81. The highest BCUT2D eigenvalue weighted by molar-refractivity contribution is 9.09. The van der Waals surface area contributed by atoms with Crippen LogP contribution in [0.4, 0.5) is 0 Å². The van der Waals surface area contributed by atoms with Crippen molar-refractivity contribution >= 4 is 34.2 Å². The van der Waals surface area contributed by atoms with Gasteiger partial charge in [0.25, 0.3) is 0 Å². The molecule has 0 saturated heterocycles. The number of alkyl halides is 1. The first-order valence-corrected chi connectivity index (χ1v) is 3.46. The van der Waals surface area contributed by atoms with E-state index in [2.05, 4.69) is 21.2 Å². The summed E-state index contributed by atoms with van der Waals surface area (Å²) in [5.74, 6) is -0.107. The van der Waals surface area contributed by atoms with E-state index < -0.39 is 0 Å². The summed E-state index contributed by atoms with van der Waals surface area (Å²) in [6, 6.07) is 0. The van der Waals surface area contributed by atoms with Crippen LogP contribution in [0.2, 0.25) is 0 Å². The normalized spacial score (nSPS) is 7.78. The van der Waals surface area contributed by atoms with E-state index in [9.17, 15) is 4.79 Å². The number of hydrogen-bond acceptors (Lipinski definition) is 2. The molecular formula is C4H10BrClN2O. The van der Waals surface area contributed by atoms with Gasteiger partial charge in [0, 0.05) is 11.9 Å². The fraction of sp³-hybridized carbons (Fsp3) is 0.750. The number of amides is 1.